The third-order valence-electron chi connectivity index (χ3n) is 3.86. The van der Waals surface area contributed by atoms with Crippen LogP contribution in [-0.2, 0) is 14.8 Å². The van der Waals surface area contributed by atoms with Crippen LogP contribution < -0.4 is 10.1 Å². The van der Waals surface area contributed by atoms with Gasteiger partial charge in [-0.1, -0.05) is 0 Å². The first kappa shape index (κ1) is 16.8. The van der Waals surface area contributed by atoms with E-state index in [1.807, 2.05) is 0 Å². The van der Waals surface area contributed by atoms with Crippen LogP contribution in [0.3, 0.4) is 0 Å². The molecule has 1 aliphatic heterocycles. The molecule has 0 spiro atoms. The SMILES string of the molecule is COc1ccc(S(=O)(=O)N2CCC(NC(C)=O)CC2)c(C)c1. The van der Waals surface area contributed by atoms with Crippen LogP contribution in [0, 0.1) is 6.92 Å². The normalized spacial score (nSPS) is 17.2. The first-order chi connectivity index (χ1) is 10.3. The van der Waals surface area contributed by atoms with E-state index in [2.05, 4.69) is 5.32 Å². The summed E-state index contributed by atoms with van der Waals surface area (Å²) in [6.07, 6.45) is 1.27. The summed E-state index contributed by atoms with van der Waals surface area (Å²) in [6.45, 7) is 4.07. The molecule has 0 atom stereocenters. The van der Waals surface area contributed by atoms with E-state index >= 15 is 0 Å². The van der Waals surface area contributed by atoms with E-state index in [4.69, 9.17) is 4.74 Å². The van der Waals surface area contributed by atoms with E-state index in [9.17, 15) is 13.2 Å². The maximum Gasteiger partial charge on any atom is 0.243 e. The number of aryl methyl sites for hydroxylation is 1. The van der Waals surface area contributed by atoms with Gasteiger partial charge in [-0.15, -0.1) is 0 Å². The summed E-state index contributed by atoms with van der Waals surface area (Å²) in [6, 6.07) is 5.02. The number of hydrogen-bond acceptors (Lipinski definition) is 4. The Kier molecular flexibility index (Phi) is 5.08. The van der Waals surface area contributed by atoms with Gasteiger partial charge in [-0.3, -0.25) is 4.79 Å². The highest BCUT2D eigenvalue weighted by Crippen LogP contribution is 2.26. The molecule has 122 valence electrons. The Morgan fingerprint density at radius 2 is 1.95 bits per heavy atom. The summed E-state index contributed by atoms with van der Waals surface area (Å²) in [5, 5.41) is 2.84. The Hall–Kier alpha value is -1.60. The monoisotopic (exact) mass is 326 g/mol. The molecular weight excluding hydrogens is 304 g/mol. The fourth-order valence-electron chi connectivity index (χ4n) is 2.71. The number of methoxy groups -OCH3 is 1. The molecule has 1 amide bonds. The lowest BCUT2D eigenvalue weighted by atomic mass is 10.1. The number of carbonyl (C=O) groups is 1. The fraction of sp³-hybridized carbons (Fsp3) is 0.533. The molecule has 6 nitrogen and oxygen atoms in total. The first-order valence-corrected chi connectivity index (χ1v) is 8.70. The standard InChI is InChI=1S/C15H22N2O4S/c1-11-10-14(21-3)4-5-15(11)22(19,20)17-8-6-13(7-9-17)16-12(2)18/h4-5,10,13H,6-9H2,1-3H3,(H,16,18). The van der Waals surface area contributed by atoms with E-state index in [-0.39, 0.29) is 11.9 Å². The van der Waals surface area contributed by atoms with E-state index < -0.39 is 10.0 Å². The Labute approximate surface area is 131 Å². The van der Waals surface area contributed by atoms with Gasteiger partial charge in [0, 0.05) is 26.1 Å². The highest BCUT2D eigenvalue weighted by Gasteiger charge is 2.30. The number of ether oxygens (including phenoxy) is 1. The molecule has 1 N–H and O–H groups in total. The highest BCUT2D eigenvalue weighted by molar-refractivity contribution is 7.89. The molecule has 1 saturated heterocycles. The predicted octanol–water partition coefficient (Wildman–Crippen LogP) is 1.29. The molecule has 2 rings (SSSR count). The minimum absolute atomic E-state index is 0.0564. The number of nitrogens with zero attached hydrogens (tertiary/aromatic N) is 1. The quantitative estimate of drug-likeness (QED) is 0.905. The van der Waals surface area contributed by atoms with Crippen molar-refractivity contribution in [1.82, 2.24) is 9.62 Å². The van der Waals surface area contributed by atoms with Crippen LogP contribution in [0.5, 0.6) is 5.75 Å². The summed E-state index contributed by atoms with van der Waals surface area (Å²) in [4.78, 5) is 11.4. The van der Waals surface area contributed by atoms with Crippen molar-refractivity contribution < 1.29 is 17.9 Å². The molecule has 0 aliphatic carbocycles. The number of piperidine rings is 1. The molecule has 1 aromatic carbocycles. The lowest BCUT2D eigenvalue weighted by Crippen LogP contribution is -2.46. The Morgan fingerprint density at radius 3 is 2.45 bits per heavy atom. The number of carbonyl (C=O) groups excluding carboxylic acids is 1. The molecular formula is C15H22N2O4S. The average molecular weight is 326 g/mol. The number of amides is 1. The summed E-state index contributed by atoms with van der Waals surface area (Å²) >= 11 is 0. The van der Waals surface area contributed by atoms with Gasteiger partial charge in [0.25, 0.3) is 0 Å². The van der Waals surface area contributed by atoms with E-state index in [1.54, 1.807) is 32.2 Å². The second-order valence-corrected chi connectivity index (χ2v) is 7.42. The third kappa shape index (κ3) is 3.59. The molecule has 1 aromatic rings. The number of sulfonamides is 1. The number of hydrogen-bond donors (Lipinski definition) is 1. The van der Waals surface area contributed by atoms with Gasteiger partial charge in [0.15, 0.2) is 0 Å². The van der Waals surface area contributed by atoms with Crippen molar-refractivity contribution in [3.05, 3.63) is 23.8 Å². The molecule has 0 radical (unpaired) electrons. The highest BCUT2D eigenvalue weighted by atomic mass is 32.2. The molecule has 7 heteroatoms. The van der Waals surface area contributed by atoms with Gasteiger partial charge in [-0.2, -0.15) is 4.31 Å². The molecule has 1 fully saturated rings. The van der Waals surface area contributed by atoms with Gasteiger partial charge in [0.1, 0.15) is 5.75 Å². The van der Waals surface area contributed by atoms with Gasteiger partial charge in [-0.05, 0) is 43.5 Å². The molecule has 0 bridgehead atoms. The zero-order chi connectivity index (χ0) is 16.3. The van der Waals surface area contributed by atoms with Crippen molar-refractivity contribution in [2.45, 2.75) is 37.6 Å². The van der Waals surface area contributed by atoms with Crippen molar-refractivity contribution in [2.24, 2.45) is 0 Å². The van der Waals surface area contributed by atoms with E-state index in [0.29, 0.717) is 42.1 Å². The van der Waals surface area contributed by atoms with Gasteiger partial charge >= 0.3 is 0 Å². The van der Waals surface area contributed by atoms with Crippen LogP contribution >= 0.6 is 0 Å². The van der Waals surface area contributed by atoms with Crippen molar-refractivity contribution in [3.8, 4) is 5.75 Å². The number of rotatable bonds is 4. The minimum Gasteiger partial charge on any atom is -0.497 e. The molecule has 0 aromatic heterocycles. The zero-order valence-electron chi connectivity index (χ0n) is 13.1. The van der Waals surface area contributed by atoms with Crippen molar-refractivity contribution in [2.75, 3.05) is 20.2 Å². The molecule has 1 heterocycles. The average Bonchev–Trinajstić information content (AvgIpc) is 2.46. The van der Waals surface area contributed by atoms with E-state index in [0.717, 1.165) is 0 Å². The largest absolute Gasteiger partial charge is 0.497 e. The lowest BCUT2D eigenvalue weighted by molar-refractivity contribution is -0.119. The Balaban J connectivity index is 2.13. The molecule has 0 unspecified atom stereocenters. The van der Waals surface area contributed by atoms with Crippen LogP contribution in [-0.4, -0.2) is 44.9 Å². The van der Waals surface area contributed by atoms with Crippen molar-refractivity contribution in [3.63, 3.8) is 0 Å². The topological polar surface area (TPSA) is 75.7 Å². The number of nitrogens with one attached hydrogen (secondary N) is 1. The predicted molar refractivity (Wildman–Crippen MR) is 83.3 cm³/mol. The maximum atomic E-state index is 12.7. The number of benzene rings is 1. The van der Waals surface area contributed by atoms with Gasteiger partial charge in [-0.25, -0.2) is 8.42 Å². The van der Waals surface area contributed by atoms with E-state index in [1.165, 1.54) is 11.2 Å². The van der Waals surface area contributed by atoms with Crippen LogP contribution in [0.15, 0.2) is 23.1 Å². The van der Waals surface area contributed by atoms with Crippen molar-refractivity contribution in [1.29, 1.82) is 0 Å². The second-order valence-electron chi connectivity index (χ2n) is 5.51. The van der Waals surface area contributed by atoms with Gasteiger partial charge < -0.3 is 10.1 Å². The van der Waals surface area contributed by atoms with Crippen LogP contribution in [0.1, 0.15) is 25.3 Å². The zero-order valence-corrected chi connectivity index (χ0v) is 13.9. The smallest absolute Gasteiger partial charge is 0.243 e. The Bertz CT molecular complexity index is 650. The molecule has 1 aliphatic rings. The Morgan fingerprint density at radius 1 is 1.32 bits per heavy atom. The van der Waals surface area contributed by atoms with Gasteiger partial charge in [0.05, 0.1) is 12.0 Å². The fourth-order valence-corrected chi connectivity index (χ4v) is 4.38. The van der Waals surface area contributed by atoms with Crippen LogP contribution in [0.4, 0.5) is 0 Å². The first-order valence-electron chi connectivity index (χ1n) is 7.26. The second kappa shape index (κ2) is 6.66. The van der Waals surface area contributed by atoms with Crippen LogP contribution in [0.2, 0.25) is 0 Å². The third-order valence-corrected chi connectivity index (χ3v) is 5.92. The summed E-state index contributed by atoms with van der Waals surface area (Å²) in [5.41, 5.74) is 0.670. The molecule has 0 saturated carbocycles. The van der Waals surface area contributed by atoms with Crippen molar-refractivity contribution >= 4 is 15.9 Å². The van der Waals surface area contributed by atoms with Gasteiger partial charge in [0.2, 0.25) is 15.9 Å². The summed E-state index contributed by atoms with van der Waals surface area (Å²) in [5.74, 6) is 0.563. The van der Waals surface area contributed by atoms with Crippen LogP contribution in [0.25, 0.3) is 0 Å². The maximum absolute atomic E-state index is 12.7. The lowest BCUT2D eigenvalue weighted by Gasteiger charge is -2.31. The minimum atomic E-state index is -3.50. The molecule has 22 heavy (non-hydrogen) atoms. The summed E-state index contributed by atoms with van der Waals surface area (Å²) in [7, 11) is -1.95. The summed E-state index contributed by atoms with van der Waals surface area (Å²) < 4.78 is 32.1.